The number of para-hydroxylation sites is 1. The average Bonchev–Trinajstić information content (AvgIpc) is 2.75. The fourth-order valence-corrected chi connectivity index (χ4v) is 7.66. The molecule has 0 aromatic heterocycles. The van der Waals surface area contributed by atoms with Crippen molar-refractivity contribution < 1.29 is 19.4 Å². The molecule has 1 unspecified atom stereocenters. The zero-order valence-electron chi connectivity index (χ0n) is 18.0. The Bertz CT molecular complexity index is 863. The van der Waals surface area contributed by atoms with Crippen LogP contribution in [0.5, 0.6) is 5.75 Å². The van der Waals surface area contributed by atoms with Crippen molar-refractivity contribution in [2.45, 2.75) is 68.9 Å². The number of carbonyl (C=O) groups excluding carboxylic acids is 1. The van der Waals surface area contributed by atoms with E-state index in [2.05, 4.69) is 5.32 Å². The van der Waals surface area contributed by atoms with Gasteiger partial charge in [0, 0.05) is 44.0 Å². The van der Waals surface area contributed by atoms with Gasteiger partial charge >= 0.3 is 12.0 Å². The van der Waals surface area contributed by atoms with Crippen LogP contribution in [0.3, 0.4) is 0 Å². The van der Waals surface area contributed by atoms with Crippen LogP contribution < -0.4 is 10.1 Å². The highest BCUT2D eigenvalue weighted by atomic mass is 16.5. The number of urea groups is 1. The second-order valence-electron chi connectivity index (χ2n) is 10.8. The van der Waals surface area contributed by atoms with Gasteiger partial charge in [-0.2, -0.15) is 0 Å². The maximum absolute atomic E-state index is 13.1. The first kappa shape index (κ1) is 19.4. The predicted molar refractivity (Wildman–Crippen MR) is 115 cm³/mol. The van der Waals surface area contributed by atoms with Gasteiger partial charge in [0.2, 0.25) is 0 Å². The molecule has 2 N–H and O–H groups in total. The number of piperidine rings is 1. The van der Waals surface area contributed by atoms with Crippen molar-refractivity contribution in [1.82, 2.24) is 10.2 Å². The first-order chi connectivity index (χ1) is 15.0. The smallest absolute Gasteiger partial charge is 0.317 e. The monoisotopic (exact) mass is 424 g/mol. The third-order valence-corrected chi connectivity index (χ3v) is 8.97. The number of carboxylic acids is 1. The quantitative estimate of drug-likeness (QED) is 0.752. The topological polar surface area (TPSA) is 78.9 Å². The first-order valence-corrected chi connectivity index (χ1v) is 12.1. The van der Waals surface area contributed by atoms with Crippen molar-refractivity contribution >= 4 is 12.0 Å². The SMILES string of the molecule is O=C(O)C1CC2(CCN(C(=O)NC3C4CC5CC(C4)CC3C5)CC2)Oc2ccccc21. The number of nitrogens with one attached hydrogen (secondary N) is 1. The maximum atomic E-state index is 13.1. The minimum absolute atomic E-state index is 0.0679. The Morgan fingerprint density at radius 1 is 1.00 bits per heavy atom. The molecule has 1 aromatic carbocycles. The largest absolute Gasteiger partial charge is 0.487 e. The van der Waals surface area contributed by atoms with Crippen LogP contribution in [0.1, 0.15) is 62.8 Å². The number of likely N-dealkylation sites (tertiary alicyclic amines) is 1. The Morgan fingerprint density at radius 3 is 2.29 bits per heavy atom. The van der Waals surface area contributed by atoms with Crippen LogP contribution in [0.2, 0.25) is 0 Å². The normalized spacial score (nSPS) is 37.2. The summed E-state index contributed by atoms with van der Waals surface area (Å²) in [5.41, 5.74) is 0.277. The number of benzene rings is 1. The lowest BCUT2D eigenvalue weighted by Crippen LogP contribution is -2.60. The van der Waals surface area contributed by atoms with E-state index in [9.17, 15) is 14.7 Å². The molecule has 5 fully saturated rings. The van der Waals surface area contributed by atoms with Crippen LogP contribution in [-0.2, 0) is 4.79 Å². The summed E-state index contributed by atoms with van der Waals surface area (Å²) < 4.78 is 6.37. The van der Waals surface area contributed by atoms with Gasteiger partial charge < -0.3 is 20.1 Å². The second kappa shape index (κ2) is 7.14. The van der Waals surface area contributed by atoms with Gasteiger partial charge in [-0.15, -0.1) is 0 Å². The van der Waals surface area contributed by atoms with E-state index in [4.69, 9.17) is 4.74 Å². The van der Waals surface area contributed by atoms with Crippen LogP contribution in [-0.4, -0.2) is 46.7 Å². The van der Waals surface area contributed by atoms with E-state index in [0.717, 1.165) is 17.4 Å². The summed E-state index contributed by atoms with van der Waals surface area (Å²) in [6.07, 6.45) is 8.44. The van der Waals surface area contributed by atoms with Crippen molar-refractivity contribution in [2.75, 3.05) is 13.1 Å². The summed E-state index contributed by atoms with van der Waals surface area (Å²) in [4.78, 5) is 27.0. The lowest BCUT2D eigenvalue weighted by atomic mass is 9.54. The summed E-state index contributed by atoms with van der Waals surface area (Å²) in [7, 11) is 0. The summed E-state index contributed by atoms with van der Waals surface area (Å²) >= 11 is 0. The van der Waals surface area contributed by atoms with E-state index < -0.39 is 17.5 Å². The number of ether oxygens (including phenoxy) is 1. The molecule has 1 aromatic rings. The molecular formula is C25H32N2O4. The van der Waals surface area contributed by atoms with Crippen molar-refractivity contribution in [3.63, 3.8) is 0 Å². The zero-order valence-corrected chi connectivity index (χ0v) is 18.0. The highest BCUT2D eigenvalue weighted by Gasteiger charge is 2.50. The molecule has 0 radical (unpaired) electrons. The molecule has 31 heavy (non-hydrogen) atoms. The van der Waals surface area contributed by atoms with Crippen molar-refractivity contribution in [1.29, 1.82) is 0 Å². The fraction of sp³-hybridized carbons (Fsp3) is 0.680. The third kappa shape index (κ3) is 3.30. The van der Waals surface area contributed by atoms with Gasteiger partial charge in [-0.1, -0.05) is 18.2 Å². The zero-order chi connectivity index (χ0) is 21.2. The van der Waals surface area contributed by atoms with E-state index in [1.54, 1.807) is 0 Å². The number of carbonyl (C=O) groups is 2. The Kier molecular flexibility index (Phi) is 4.48. The van der Waals surface area contributed by atoms with E-state index in [0.29, 0.717) is 56.0 Å². The number of amides is 2. The fourth-order valence-electron chi connectivity index (χ4n) is 7.66. The Hall–Kier alpha value is -2.24. The molecule has 1 atom stereocenters. The van der Waals surface area contributed by atoms with Crippen molar-refractivity contribution in [3.05, 3.63) is 29.8 Å². The van der Waals surface area contributed by atoms with Crippen molar-refractivity contribution in [3.8, 4) is 5.75 Å². The summed E-state index contributed by atoms with van der Waals surface area (Å²) in [5, 5.41) is 13.2. The minimum atomic E-state index is -0.794. The van der Waals surface area contributed by atoms with Crippen molar-refractivity contribution in [2.24, 2.45) is 23.7 Å². The number of hydrogen-bond donors (Lipinski definition) is 2. The van der Waals surface area contributed by atoms with E-state index in [1.807, 2.05) is 29.2 Å². The highest BCUT2D eigenvalue weighted by molar-refractivity contribution is 5.78. The number of nitrogens with zero attached hydrogens (tertiary/aromatic N) is 1. The summed E-state index contributed by atoms with van der Waals surface area (Å²) in [5.74, 6) is 2.50. The van der Waals surface area contributed by atoms with Gasteiger partial charge in [-0.25, -0.2) is 4.79 Å². The van der Waals surface area contributed by atoms with Gasteiger partial charge in [0.1, 0.15) is 11.4 Å². The predicted octanol–water partition coefficient (Wildman–Crippen LogP) is 4.01. The molecule has 6 heteroatoms. The molecule has 2 heterocycles. The number of hydrogen-bond acceptors (Lipinski definition) is 3. The van der Waals surface area contributed by atoms with Gasteiger partial charge in [0.15, 0.2) is 0 Å². The molecule has 2 amide bonds. The Labute approximate surface area is 183 Å². The van der Waals surface area contributed by atoms with Crippen LogP contribution in [0.25, 0.3) is 0 Å². The lowest BCUT2D eigenvalue weighted by Gasteiger charge is -2.54. The number of carboxylic acid groups (broad SMARTS) is 1. The van der Waals surface area contributed by atoms with Crippen LogP contribution in [0.4, 0.5) is 4.79 Å². The molecule has 1 saturated heterocycles. The summed E-state index contributed by atoms with van der Waals surface area (Å²) in [6.45, 7) is 1.24. The number of rotatable bonds is 2. The summed E-state index contributed by atoms with van der Waals surface area (Å²) in [6, 6.07) is 7.91. The second-order valence-corrected chi connectivity index (χ2v) is 10.8. The molecule has 1 spiro atoms. The first-order valence-electron chi connectivity index (χ1n) is 12.1. The number of aliphatic carboxylic acids is 1. The molecule has 4 saturated carbocycles. The van der Waals surface area contributed by atoms with E-state index in [-0.39, 0.29) is 6.03 Å². The molecular weight excluding hydrogens is 392 g/mol. The lowest BCUT2D eigenvalue weighted by molar-refractivity contribution is -0.142. The molecule has 7 rings (SSSR count). The van der Waals surface area contributed by atoms with Crippen LogP contribution in [0, 0.1) is 23.7 Å². The molecule has 6 nitrogen and oxygen atoms in total. The molecule has 2 aliphatic heterocycles. The minimum Gasteiger partial charge on any atom is -0.487 e. The Balaban J connectivity index is 1.11. The van der Waals surface area contributed by atoms with E-state index in [1.165, 1.54) is 32.1 Å². The van der Waals surface area contributed by atoms with Gasteiger partial charge in [0.25, 0.3) is 0 Å². The number of fused-ring (bicyclic) bond motifs is 1. The molecule has 4 aliphatic carbocycles. The third-order valence-electron chi connectivity index (χ3n) is 8.97. The standard InChI is InChI=1S/C25H32N2O4/c28-23(29)20-14-25(31-21-4-2-1-3-19(20)21)5-7-27(8-6-25)24(30)26-22-17-10-15-9-16(12-17)13-18(22)11-15/h1-4,15-18,20,22H,5-14H2,(H,26,30)(H,28,29). The van der Waals surface area contributed by atoms with Crippen LogP contribution in [0.15, 0.2) is 24.3 Å². The van der Waals surface area contributed by atoms with Gasteiger partial charge in [0.05, 0.1) is 5.92 Å². The molecule has 4 bridgehead atoms. The maximum Gasteiger partial charge on any atom is 0.317 e. The van der Waals surface area contributed by atoms with Gasteiger partial charge in [-0.05, 0) is 61.8 Å². The van der Waals surface area contributed by atoms with Gasteiger partial charge in [-0.3, -0.25) is 4.79 Å². The van der Waals surface area contributed by atoms with Crippen LogP contribution >= 0.6 is 0 Å². The molecule has 6 aliphatic rings. The molecule has 166 valence electrons. The highest BCUT2D eigenvalue weighted by Crippen LogP contribution is 2.53. The average molecular weight is 425 g/mol. The Morgan fingerprint density at radius 2 is 1.65 bits per heavy atom. The van der Waals surface area contributed by atoms with E-state index >= 15 is 0 Å².